The van der Waals surface area contributed by atoms with Crippen LogP contribution in [0.15, 0.2) is 0 Å². The minimum absolute atomic E-state index is 0.0382. The van der Waals surface area contributed by atoms with Crippen molar-refractivity contribution in [3.63, 3.8) is 0 Å². The van der Waals surface area contributed by atoms with Crippen LogP contribution in [-0.4, -0.2) is 16.6 Å². The maximum atomic E-state index is 8.64. The third kappa shape index (κ3) is 2.44. The van der Waals surface area contributed by atoms with Crippen LogP contribution in [0.5, 0.6) is 0 Å². The number of alkyl halides is 1. The smallest absolute Gasteiger partial charge is 0.161 e. The molecule has 0 radical (unpaired) electrons. The molecule has 0 unspecified atom stereocenters. The minimum atomic E-state index is -1.35. The molecule has 0 aliphatic rings. The SMILES string of the molecule is C[C@@](O)(C#N)CCl. The van der Waals surface area contributed by atoms with E-state index in [9.17, 15) is 0 Å². The van der Waals surface area contributed by atoms with E-state index in [1.54, 1.807) is 6.07 Å². The predicted octanol–water partition coefficient (Wildman–Crippen LogP) is 0.500. The number of nitriles is 1. The Bertz CT molecular complexity index is 94.4. The topological polar surface area (TPSA) is 44.0 Å². The molecule has 3 heteroatoms. The monoisotopic (exact) mass is 119 g/mol. The fourth-order valence-electron chi connectivity index (χ4n) is 0.0299. The van der Waals surface area contributed by atoms with E-state index in [0.717, 1.165) is 0 Å². The Balaban J connectivity index is 3.66. The Morgan fingerprint density at radius 2 is 2.43 bits per heavy atom. The van der Waals surface area contributed by atoms with Gasteiger partial charge in [-0.05, 0) is 6.92 Å². The van der Waals surface area contributed by atoms with Crippen LogP contribution in [0.4, 0.5) is 0 Å². The van der Waals surface area contributed by atoms with Gasteiger partial charge in [0.05, 0.1) is 11.9 Å². The number of nitrogens with zero attached hydrogens (tertiary/aromatic N) is 1. The van der Waals surface area contributed by atoms with Gasteiger partial charge in [-0.2, -0.15) is 5.26 Å². The van der Waals surface area contributed by atoms with Crippen LogP contribution in [0.1, 0.15) is 6.92 Å². The Hall–Kier alpha value is -0.260. The van der Waals surface area contributed by atoms with E-state index in [-0.39, 0.29) is 5.88 Å². The van der Waals surface area contributed by atoms with Crippen molar-refractivity contribution in [2.75, 3.05) is 5.88 Å². The van der Waals surface area contributed by atoms with Crippen molar-refractivity contribution >= 4 is 11.6 Å². The second kappa shape index (κ2) is 2.15. The molecule has 0 saturated carbocycles. The molecule has 0 rings (SSSR count). The lowest BCUT2D eigenvalue weighted by Crippen LogP contribution is -2.22. The summed E-state index contributed by atoms with van der Waals surface area (Å²) in [6.45, 7) is 1.36. The molecule has 0 heterocycles. The summed E-state index contributed by atoms with van der Waals surface area (Å²) in [5, 5.41) is 16.6. The van der Waals surface area contributed by atoms with Crippen molar-refractivity contribution in [2.24, 2.45) is 0 Å². The highest BCUT2D eigenvalue weighted by molar-refractivity contribution is 6.18. The molecule has 1 N–H and O–H groups in total. The molecule has 2 nitrogen and oxygen atoms in total. The number of aliphatic hydroxyl groups is 1. The van der Waals surface area contributed by atoms with Crippen molar-refractivity contribution in [1.29, 1.82) is 5.26 Å². The first-order valence-corrected chi connectivity index (χ1v) is 2.35. The van der Waals surface area contributed by atoms with Crippen LogP contribution in [0, 0.1) is 11.3 Å². The number of rotatable bonds is 1. The molecule has 1 atom stereocenters. The summed E-state index contributed by atoms with van der Waals surface area (Å²) in [5.74, 6) is -0.0382. The molecule has 0 fully saturated rings. The van der Waals surface area contributed by atoms with Crippen molar-refractivity contribution in [3.05, 3.63) is 0 Å². The molecule has 40 valence electrons. The first kappa shape index (κ1) is 6.74. The Morgan fingerprint density at radius 3 is 2.43 bits per heavy atom. The van der Waals surface area contributed by atoms with Gasteiger partial charge in [-0.3, -0.25) is 0 Å². The third-order valence-electron chi connectivity index (χ3n) is 0.501. The Kier molecular flexibility index (Phi) is 2.07. The number of hydrogen-bond acceptors (Lipinski definition) is 2. The van der Waals surface area contributed by atoms with Gasteiger partial charge >= 0.3 is 0 Å². The van der Waals surface area contributed by atoms with Gasteiger partial charge in [0.15, 0.2) is 5.60 Å². The van der Waals surface area contributed by atoms with Gasteiger partial charge in [-0.15, -0.1) is 11.6 Å². The zero-order valence-electron chi connectivity index (χ0n) is 3.98. The average Bonchev–Trinajstić information content (AvgIpc) is 1.68. The standard InChI is InChI=1S/C4H6ClNO/c1-4(7,2-5)3-6/h7H,2H2,1H3/t4-/m0/s1. The predicted molar refractivity (Wildman–Crippen MR) is 27.0 cm³/mol. The lowest BCUT2D eigenvalue weighted by Gasteiger charge is -2.05. The average molecular weight is 120 g/mol. The zero-order chi connectivity index (χ0) is 5.91. The Morgan fingerprint density at radius 1 is 2.00 bits per heavy atom. The third-order valence-corrected chi connectivity index (χ3v) is 1.02. The Labute approximate surface area is 47.3 Å². The van der Waals surface area contributed by atoms with E-state index >= 15 is 0 Å². The van der Waals surface area contributed by atoms with E-state index in [4.69, 9.17) is 22.0 Å². The highest BCUT2D eigenvalue weighted by Gasteiger charge is 2.15. The zero-order valence-corrected chi connectivity index (χ0v) is 4.74. The second-order valence-corrected chi connectivity index (χ2v) is 1.79. The van der Waals surface area contributed by atoms with E-state index in [1.807, 2.05) is 0 Å². The summed E-state index contributed by atoms with van der Waals surface area (Å²) in [6.07, 6.45) is 0. The maximum absolute atomic E-state index is 8.64. The van der Waals surface area contributed by atoms with Gasteiger partial charge in [0.1, 0.15) is 0 Å². The molecule has 0 aromatic carbocycles. The quantitative estimate of drug-likeness (QED) is 0.404. The van der Waals surface area contributed by atoms with Crippen LogP contribution >= 0.6 is 11.6 Å². The van der Waals surface area contributed by atoms with E-state index in [0.29, 0.717) is 0 Å². The van der Waals surface area contributed by atoms with Gasteiger partial charge in [0.2, 0.25) is 0 Å². The van der Waals surface area contributed by atoms with Crippen LogP contribution in [0.2, 0.25) is 0 Å². The molecule has 0 spiro atoms. The molecule has 0 aromatic heterocycles. The summed E-state index contributed by atoms with van der Waals surface area (Å²) in [7, 11) is 0. The van der Waals surface area contributed by atoms with Crippen molar-refractivity contribution in [3.8, 4) is 6.07 Å². The highest BCUT2D eigenvalue weighted by atomic mass is 35.5. The van der Waals surface area contributed by atoms with Crippen LogP contribution in [0.25, 0.3) is 0 Å². The van der Waals surface area contributed by atoms with Gasteiger partial charge in [0.25, 0.3) is 0 Å². The molecule has 0 saturated heterocycles. The van der Waals surface area contributed by atoms with Gasteiger partial charge in [-0.1, -0.05) is 0 Å². The van der Waals surface area contributed by atoms with E-state index in [2.05, 4.69) is 0 Å². The highest BCUT2D eigenvalue weighted by Crippen LogP contribution is 2.01. The van der Waals surface area contributed by atoms with Gasteiger partial charge < -0.3 is 5.11 Å². The maximum Gasteiger partial charge on any atom is 0.161 e. The molecule has 0 aromatic rings. The van der Waals surface area contributed by atoms with Gasteiger partial charge in [-0.25, -0.2) is 0 Å². The lowest BCUT2D eigenvalue weighted by molar-refractivity contribution is 0.145. The van der Waals surface area contributed by atoms with Crippen molar-refractivity contribution < 1.29 is 5.11 Å². The summed E-state index contributed by atoms with van der Waals surface area (Å²) in [4.78, 5) is 0. The summed E-state index contributed by atoms with van der Waals surface area (Å²) in [6, 6.07) is 1.61. The molecule has 0 bridgehead atoms. The van der Waals surface area contributed by atoms with Crippen LogP contribution in [0.3, 0.4) is 0 Å². The van der Waals surface area contributed by atoms with Crippen molar-refractivity contribution in [2.45, 2.75) is 12.5 Å². The van der Waals surface area contributed by atoms with Crippen molar-refractivity contribution in [1.82, 2.24) is 0 Å². The molecular weight excluding hydrogens is 114 g/mol. The van der Waals surface area contributed by atoms with E-state index in [1.165, 1.54) is 6.92 Å². The fraction of sp³-hybridized carbons (Fsp3) is 0.750. The first-order valence-electron chi connectivity index (χ1n) is 1.82. The molecule has 0 aliphatic heterocycles. The van der Waals surface area contributed by atoms with Crippen LogP contribution < -0.4 is 0 Å². The van der Waals surface area contributed by atoms with E-state index < -0.39 is 5.60 Å². The largest absolute Gasteiger partial charge is 0.374 e. The number of halogens is 1. The summed E-state index contributed by atoms with van der Waals surface area (Å²) >= 11 is 5.12. The molecule has 7 heavy (non-hydrogen) atoms. The van der Waals surface area contributed by atoms with Crippen LogP contribution in [-0.2, 0) is 0 Å². The van der Waals surface area contributed by atoms with Gasteiger partial charge in [0, 0.05) is 0 Å². The molecular formula is C4H6ClNO. The lowest BCUT2D eigenvalue weighted by atomic mass is 10.2. The number of hydrogen-bond donors (Lipinski definition) is 1. The molecule has 0 aliphatic carbocycles. The minimum Gasteiger partial charge on any atom is -0.374 e. The summed E-state index contributed by atoms with van der Waals surface area (Å²) in [5.41, 5.74) is -1.35. The normalized spacial score (nSPS) is 17.4. The summed E-state index contributed by atoms with van der Waals surface area (Å²) < 4.78 is 0. The first-order chi connectivity index (χ1) is 3.12. The fourth-order valence-corrected chi connectivity index (χ4v) is 0.0896. The molecule has 0 amide bonds. The second-order valence-electron chi connectivity index (χ2n) is 1.52.